The van der Waals surface area contributed by atoms with Gasteiger partial charge in [0.15, 0.2) is 0 Å². The Balaban J connectivity index is 1.59. The molecule has 2 aliphatic rings. The zero-order chi connectivity index (χ0) is 9.97. The summed E-state index contributed by atoms with van der Waals surface area (Å²) in [5, 5.41) is 3.60. The molecule has 0 aromatic heterocycles. The van der Waals surface area contributed by atoms with Crippen LogP contribution in [0.4, 0.5) is 0 Å². The summed E-state index contributed by atoms with van der Waals surface area (Å²) in [6.45, 7) is 8.44. The molecule has 0 unspecified atom stereocenters. The third-order valence-electron chi connectivity index (χ3n) is 3.56. The number of nitrogens with one attached hydrogen (secondary N) is 1. The molecule has 0 atom stereocenters. The summed E-state index contributed by atoms with van der Waals surface area (Å²) in [6, 6.07) is 0. The molecule has 1 heteroatoms. The maximum Gasteiger partial charge on any atom is -0.00117 e. The molecule has 0 aromatic carbocycles. The molecule has 0 bridgehead atoms. The van der Waals surface area contributed by atoms with Gasteiger partial charge in [0.2, 0.25) is 0 Å². The SMILES string of the molecule is C=C(C)CCNCC(C1CC1)C1CC1. The van der Waals surface area contributed by atoms with Crippen molar-refractivity contribution < 1.29 is 0 Å². The van der Waals surface area contributed by atoms with Gasteiger partial charge in [0.25, 0.3) is 0 Å². The lowest BCUT2D eigenvalue weighted by atomic mass is 9.98. The van der Waals surface area contributed by atoms with Gasteiger partial charge in [0, 0.05) is 0 Å². The van der Waals surface area contributed by atoms with Gasteiger partial charge in [-0.3, -0.25) is 0 Å². The van der Waals surface area contributed by atoms with Crippen molar-refractivity contribution in [1.29, 1.82) is 0 Å². The van der Waals surface area contributed by atoms with E-state index in [4.69, 9.17) is 0 Å². The second kappa shape index (κ2) is 4.48. The van der Waals surface area contributed by atoms with Crippen LogP contribution in [0.3, 0.4) is 0 Å². The molecule has 0 amide bonds. The van der Waals surface area contributed by atoms with E-state index >= 15 is 0 Å². The quantitative estimate of drug-likeness (QED) is 0.484. The summed E-state index contributed by atoms with van der Waals surface area (Å²) in [5.41, 5.74) is 1.30. The smallest absolute Gasteiger partial charge is 0.00117 e. The molecular formula is C13H23N. The van der Waals surface area contributed by atoms with Crippen molar-refractivity contribution in [3.63, 3.8) is 0 Å². The summed E-state index contributed by atoms with van der Waals surface area (Å²) >= 11 is 0. The van der Waals surface area contributed by atoms with E-state index < -0.39 is 0 Å². The lowest BCUT2D eigenvalue weighted by molar-refractivity contribution is 0.380. The maximum absolute atomic E-state index is 3.93. The average molecular weight is 193 g/mol. The van der Waals surface area contributed by atoms with Crippen LogP contribution in [0.15, 0.2) is 12.2 Å². The second-order valence-corrected chi connectivity index (χ2v) is 5.25. The van der Waals surface area contributed by atoms with Gasteiger partial charge in [-0.1, -0.05) is 5.57 Å². The van der Waals surface area contributed by atoms with Crippen LogP contribution in [-0.4, -0.2) is 13.1 Å². The van der Waals surface area contributed by atoms with Crippen LogP contribution in [0, 0.1) is 17.8 Å². The summed E-state index contributed by atoms with van der Waals surface area (Å²) < 4.78 is 0. The van der Waals surface area contributed by atoms with Crippen LogP contribution in [0.2, 0.25) is 0 Å². The standard InChI is InChI=1S/C13H23N/c1-10(2)7-8-14-9-13(11-3-4-11)12-5-6-12/h11-14H,1,3-9H2,2H3. The fourth-order valence-electron chi connectivity index (χ4n) is 2.34. The van der Waals surface area contributed by atoms with Crippen molar-refractivity contribution in [2.45, 2.75) is 39.0 Å². The van der Waals surface area contributed by atoms with Crippen molar-refractivity contribution in [3.05, 3.63) is 12.2 Å². The number of hydrogen-bond donors (Lipinski definition) is 1. The summed E-state index contributed by atoms with van der Waals surface area (Å²) in [4.78, 5) is 0. The summed E-state index contributed by atoms with van der Waals surface area (Å²) in [5.74, 6) is 3.18. The van der Waals surface area contributed by atoms with E-state index in [1.165, 1.54) is 37.8 Å². The molecule has 0 spiro atoms. The minimum atomic E-state index is 1.01. The van der Waals surface area contributed by atoms with Crippen LogP contribution in [0.5, 0.6) is 0 Å². The third-order valence-corrected chi connectivity index (χ3v) is 3.56. The van der Waals surface area contributed by atoms with Crippen molar-refractivity contribution in [1.82, 2.24) is 5.32 Å². The lowest BCUT2D eigenvalue weighted by Gasteiger charge is -2.16. The van der Waals surface area contributed by atoms with E-state index in [0.29, 0.717) is 0 Å². The lowest BCUT2D eigenvalue weighted by Crippen LogP contribution is -2.26. The highest BCUT2D eigenvalue weighted by molar-refractivity contribution is 4.93. The Kier molecular flexibility index (Phi) is 3.27. The van der Waals surface area contributed by atoms with E-state index in [-0.39, 0.29) is 0 Å². The van der Waals surface area contributed by atoms with E-state index in [2.05, 4.69) is 18.8 Å². The fourth-order valence-corrected chi connectivity index (χ4v) is 2.34. The highest BCUT2D eigenvalue weighted by Crippen LogP contribution is 2.48. The summed E-state index contributed by atoms with van der Waals surface area (Å²) in [6.07, 6.45) is 7.15. The van der Waals surface area contributed by atoms with Crippen LogP contribution in [-0.2, 0) is 0 Å². The van der Waals surface area contributed by atoms with Gasteiger partial charge in [-0.05, 0) is 69.9 Å². The van der Waals surface area contributed by atoms with E-state index in [1.54, 1.807) is 0 Å². The highest BCUT2D eigenvalue weighted by atomic mass is 14.9. The minimum Gasteiger partial charge on any atom is -0.316 e. The molecule has 2 fully saturated rings. The number of rotatable bonds is 7. The highest BCUT2D eigenvalue weighted by Gasteiger charge is 2.40. The van der Waals surface area contributed by atoms with Gasteiger partial charge >= 0.3 is 0 Å². The fraction of sp³-hybridized carbons (Fsp3) is 0.846. The molecule has 2 rings (SSSR count). The van der Waals surface area contributed by atoms with E-state index in [1.807, 2.05) is 0 Å². The molecule has 0 saturated heterocycles. The Morgan fingerprint density at radius 3 is 2.29 bits per heavy atom. The van der Waals surface area contributed by atoms with Gasteiger partial charge in [0.05, 0.1) is 0 Å². The topological polar surface area (TPSA) is 12.0 Å². The van der Waals surface area contributed by atoms with Gasteiger partial charge in [0.1, 0.15) is 0 Å². The molecule has 80 valence electrons. The Morgan fingerprint density at radius 1 is 1.29 bits per heavy atom. The van der Waals surface area contributed by atoms with Gasteiger partial charge in [-0.2, -0.15) is 0 Å². The van der Waals surface area contributed by atoms with Crippen LogP contribution < -0.4 is 5.32 Å². The predicted molar refractivity (Wildman–Crippen MR) is 61.2 cm³/mol. The number of hydrogen-bond acceptors (Lipinski definition) is 1. The molecule has 2 saturated carbocycles. The van der Waals surface area contributed by atoms with Crippen molar-refractivity contribution in [3.8, 4) is 0 Å². The Bertz CT molecular complexity index is 189. The van der Waals surface area contributed by atoms with Gasteiger partial charge < -0.3 is 5.32 Å². The molecule has 0 aromatic rings. The second-order valence-electron chi connectivity index (χ2n) is 5.25. The molecule has 1 nitrogen and oxygen atoms in total. The Morgan fingerprint density at radius 2 is 1.86 bits per heavy atom. The van der Waals surface area contributed by atoms with Crippen molar-refractivity contribution in [2.75, 3.05) is 13.1 Å². The van der Waals surface area contributed by atoms with Crippen molar-refractivity contribution in [2.24, 2.45) is 17.8 Å². The van der Waals surface area contributed by atoms with Crippen LogP contribution in [0.25, 0.3) is 0 Å². The first-order valence-corrected chi connectivity index (χ1v) is 6.12. The molecule has 14 heavy (non-hydrogen) atoms. The van der Waals surface area contributed by atoms with Gasteiger partial charge in [-0.15, -0.1) is 6.58 Å². The summed E-state index contributed by atoms with van der Waals surface area (Å²) in [7, 11) is 0. The van der Waals surface area contributed by atoms with E-state index in [0.717, 1.165) is 30.7 Å². The average Bonchev–Trinajstić information content (AvgIpc) is 2.99. The Hall–Kier alpha value is -0.300. The van der Waals surface area contributed by atoms with Gasteiger partial charge in [-0.25, -0.2) is 0 Å². The predicted octanol–water partition coefficient (Wildman–Crippen LogP) is 2.98. The molecule has 1 N–H and O–H groups in total. The Labute approximate surface area is 88.0 Å². The zero-order valence-corrected chi connectivity index (χ0v) is 9.39. The van der Waals surface area contributed by atoms with Crippen LogP contribution >= 0.6 is 0 Å². The van der Waals surface area contributed by atoms with E-state index in [9.17, 15) is 0 Å². The molecule has 0 aliphatic heterocycles. The van der Waals surface area contributed by atoms with Crippen molar-refractivity contribution >= 4 is 0 Å². The molecule has 0 radical (unpaired) electrons. The normalized spacial score (nSPS) is 21.6. The minimum absolute atomic E-state index is 1.01. The molecular weight excluding hydrogens is 170 g/mol. The first kappa shape index (κ1) is 10.2. The maximum atomic E-state index is 3.93. The third kappa shape index (κ3) is 3.13. The first-order valence-electron chi connectivity index (χ1n) is 6.12. The first-order chi connectivity index (χ1) is 6.77. The largest absolute Gasteiger partial charge is 0.316 e. The van der Waals surface area contributed by atoms with Crippen LogP contribution in [0.1, 0.15) is 39.0 Å². The molecule has 0 heterocycles. The monoisotopic (exact) mass is 193 g/mol. The zero-order valence-electron chi connectivity index (χ0n) is 9.39. The molecule has 2 aliphatic carbocycles.